The predicted molar refractivity (Wildman–Crippen MR) is 97.6 cm³/mol. The predicted octanol–water partition coefficient (Wildman–Crippen LogP) is 1.58. The summed E-state index contributed by atoms with van der Waals surface area (Å²) in [6.45, 7) is 4.17. The number of aliphatic imine (C=N–C) groups is 1. The van der Waals surface area contributed by atoms with E-state index in [1.165, 1.54) is 19.3 Å². The molecule has 7 nitrogen and oxygen atoms in total. The molecule has 1 aliphatic heterocycles. The molecule has 1 aromatic heterocycles. The van der Waals surface area contributed by atoms with Gasteiger partial charge in [-0.05, 0) is 24.7 Å². The lowest BCUT2D eigenvalue weighted by atomic mass is 9.67. The molecule has 0 aromatic carbocycles. The first-order chi connectivity index (χ1) is 12.2. The van der Waals surface area contributed by atoms with Crippen LogP contribution in [0.1, 0.15) is 37.4 Å². The third kappa shape index (κ3) is 4.33. The average Bonchev–Trinajstić information content (AvgIpc) is 3.03. The molecule has 7 heteroatoms. The van der Waals surface area contributed by atoms with Crippen molar-refractivity contribution < 1.29 is 9.47 Å². The number of aromatic nitrogens is 2. The molecule has 0 radical (unpaired) electrons. The van der Waals surface area contributed by atoms with Crippen molar-refractivity contribution in [1.82, 2.24) is 20.0 Å². The Balaban J connectivity index is 1.57. The Labute approximate surface area is 150 Å². The van der Waals surface area contributed by atoms with E-state index in [1.807, 2.05) is 31.2 Å². The summed E-state index contributed by atoms with van der Waals surface area (Å²) in [4.78, 5) is 6.81. The van der Waals surface area contributed by atoms with Crippen LogP contribution in [0.2, 0.25) is 0 Å². The van der Waals surface area contributed by atoms with Gasteiger partial charge >= 0.3 is 0 Å². The fraction of sp³-hybridized carbons (Fsp3) is 0.778. The first kappa shape index (κ1) is 18.2. The summed E-state index contributed by atoms with van der Waals surface area (Å²) >= 11 is 0. The summed E-state index contributed by atoms with van der Waals surface area (Å²) in [5.74, 6) is 0.973. The van der Waals surface area contributed by atoms with Gasteiger partial charge in [0.05, 0.1) is 19.3 Å². The van der Waals surface area contributed by atoms with E-state index >= 15 is 0 Å². The molecule has 0 bridgehead atoms. The maximum Gasteiger partial charge on any atom is 0.193 e. The van der Waals surface area contributed by atoms with Gasteiger partial charge in [0.2, 0.25) is 0 Å². The first-order valence-electron chi connectivity index (χ1n) is 9.20. The standard InChI is InChI=1S/C18H31N5O2/c1-19-17(20-14-18(5-4-6-18)7-9-24-3)23-8-10-25-16(13-23)15-11-21-22(2)12-15/h11-12,16H,4-10,13-14H2,1-3H3,(H,19,20). The summed E-state index contributed by atoms with van der Waals surface area (Å²) in [5, 5.41) is 7.87. The molecule has 3 rings (SSSR count). The van der Waals surface area contributed by atoms with E-state index in [2.05, 4.69) is 20.3 Å². The molecule has 1 saturated heterocycles. The number of hydrogen-bond donors (Lipinski definition) is 1. The lowest BCUT2D eigenvalue weighted by Crippen LogP contribution is -2.51. The highest BCUT2D eigenvalue weighted by Crippen LogP contribution is 2.43. The third-order valence-electron chi connectivity index (χ3n) is 5.55. The molecule has 1 aromatic rings. The average molecular weight is 349 g/mol. The number of hydrogen-bond acceptors (Lipinski definition) is 4. The second-order valence-electron chi connectivity index (χ2n) is 7.25. The number of aryl methyl sites for hydroxylation is 1. The zero-order chi connectivity index (χ0) is 17.7. The van der Waals surface area contributed by atoms with E-state index in [0.29, 0.717) is 12.0 Å². The SMILES string of the molecule is CN=C(NCC1(CCOC)CCC1)N1CCOC(c2cnn(C)c2)C1. The minimum atomic E-state index is 0.0483. The fourth-order valence-corrected chi connectivity index (χ4v) is 3.76. The molecule has 1 unspecified atom stereocenters. The van der Waals surface area contributed by atoms with Gasteiger partial charge in [0, 0.05) is 52.7 Å². The number of rotatable bonds is 6. The smallest absolute Gasteiger partial charge is 0.193 e. The first-order valence-corrected chi connectivity index (χ1v) is 9.20. The summed E-state index contributed by atoms with van der Waals surface area (Å²) in [5.41, 5.74) is 1.50. The van der Waals surface area contributed by atoms with Crippen molar-refractivity contribution in [2.75, 3.05) is 47.0 Å². The zero-order valence-electron chi connectivity index (χ0n) is 15.7. The highest BCUT2D eigenvalue weighted by Gasteiger charge is 2.37. The maximum absolute atomic E-state index is 5.94. The lowest BCUT2D eigenvalue weighted by Gasteiger charge is -2.43. The number of ether oxygens (including phenoxy) is 2. The summed E-state index contributed by atoms with van der Waals surface area (Å²) < 4.78 is 13.1. The molecular formula is C18H31N5O2. The second-order valence-corrected chi connectivity index (χ2v) is 7.25. The Morgan fingerprint density at radius 1 is 1.52 bits per heavy atom. The van der Waals surface area contributed by atoms with Crippen LogP contribution in [-0.4, -0.2) is 67.6 Å². The Hall–Kier alpha value is -1.60. The largest absolute Gasteiger partial charge is 0.385 e. The minimum absolute atomic E-state index is 0.0483. The number of methoxy groups -OCH3 is 1. The molecule has 1 saturated carbocycles. The lowest BCUT2D eigenvalue weighted by molar-refractivity contribution is -0.00862. The van der Waals surface area contributed by atoms with Crippen LogP contribution >= 0.6 is 0 Å². The van der Waals surface area contributed by atoms with E-state index in [0.717, 1.165) is 44.2 Å². The van der Waals surface area contributed by atoms with Crippen molar-refractivity contribution in [3.8, 4) is 0 Å². The van der Waals surface area contributed by atoms with E-state index in [1.54, 1.807) is 7.11 Å². The quantitative estimate of drug-likeness (QED) is 0.624. The van der Waals surface area contributed by atoms with E-state index in [4.69, 9.17) is 9.47 Å². The highest BCUT2D eigenvalue weighted by molar-refractivity contribution is 5.80. The van der Waals surface area contributed by atoms with Crippen LogP contribution in [0.25, 0.3) is 0 Å². The third-order valence-corrected chi connectivity index (χ3v) is 5.55. The molecule has 2 aliphatic rings. The molecule has 2 fully saturated rings. The van der Waals surface area contributed by atoms with Crippen LogP contribution in [0.3, 0.4) is 0 Å². The number of morpholine rings is 1. The van der Waals surface area contributed by atoms with Gasteiger partial charge in [-0.3, -0.25) is 9.67 Å². The number of guanidine groups is 1. The van der Waals surface area contributed by atoms with Gasteiger partial charge in [0.25, 0.3) is 0 Å². The van der Waals surface area contributed by atoms with Crippen molar-refractivity contribution >= 4 is 5.96 Å². The van der Waals surface area contributed by atoms with Gasteiger partial charge in [0.1, 0.15) is 6.10 Å². The van der Waals surface area contributed by atoms with Crippen molar-refractivity contribution in [3.05, 3.63) is 18.0 Å². The second kappa shape index (κ2) is 8.19. The fourth-order valence-electron chi connectivity index (χ4n) is 3.76. The number of nitrogens with zero attached hydrogens (tertiary/aromatic N) is 4. The Bertz CT molecular complexity index is 582. The van der Waals surface area contributed by atoms with Crippen LogP contribution in [0.4, 0.5) is 0 Å². The monoisotopic (exact) mass is 349 g/mol. The normalized spacial score (nSPS) is 23.4. The molecule has 2 heterocycles. The molecule has 25 heavy (non-hydrogen) atoms. The van der Waals surface area contributed by atoms with Gasteiger partial charge in [0.15, 0.2) is 5.96 Å². The Morgan fingerprint density at radius 2 is 2.36 bits per heavy atom. The molecule has 1 N–H and O–H groups in total. The molecule has 0 spiro atoms. The van der Waals surface area contributed by atoms with Crippen LogP contribution in [0.5, 0.6) is 0 Å². The van der Waals surface area contributed by atoms with Gasteiger partial charge in [-0.2, -0.15) is 5.10 Å². The van der Waals surface area contributed by atoms with Crippen LogP contribution in [-0.2, 0) is 16.5 Å². The summed E-state index contributed by atoms with van der Waals surface area (Å²) in [6.07, 6.45) is 8.96. The Morgan fingerprint density at radius 3 is 2.96 bits per heavy atom. The van der Waals surface area contributed by atoms with E-state index in [9.17, 15) is 0 Å². The van der Waals surface area contributed by atoms with E-state index in [-0.39, 0.29) is 6.10 Å². The van der Waals surface area contributed by atoms with Gasteiger partial charge in [-0.15, -0.1) is 0 Å². The highest BCUT2D eigenvalue weighted by atomic mass is 16.5. The minimum Gasteiger partial charge on any atom is -0.385 e. The van der Waals surface area contributed by atoms with Gasteiger partial charge in [-0.1, -0.05) is 6.42 Å². The number of nitrogens with one attached hydrogen (secondary N) is 1. The molecule has 1 atom stereocenters. The summed E-state index contributed by atoms with van der Waals surface area (Å²) in [6, 6.07) is 0. The Kier molecular flexibility index (Phi) is 5.96. The van der Waals surface area contributed by atoms with Crippen molar-refractivity contribution in [1.29, 1.82) is 0 Å². The van der Waals surface area contributed by atoms with Crippen LogP contribution < -0.4 is 5.32 Å². The van der Waals surface area contributed by atoms with Crippen molar-refractivity contribution in [2.45, 2.75) is 31.8 Å². The topological polar surface area (TPSA) is 63.9 Å². The van der Waals surface area contributed by atoms with Gasteiger partial charge in [-0.25, -0.2) is 0 Å². The van der Waals surface area contributed by atoms with Crippen LogP contribution in [0.15, 0.2) is 17.4 Å². The summed E-state index contributed by atoms with van der Waals surface area (Å²) in [7, 11) is 5.58. The zero-order valence-corrected chi connectivity index (χ0v) is 15.7. The van der Waals surface area contributed by atoms with Crippen LogP contribution in [0, 0.1) is 5.41 Å². The maximum atomic E-state index is 5.94. The van der Waals surface area contributed by atoms with E-state index < -0.39 is 0 Å². The van der Waals surface area contributed by atoms with Crippen molar-refractivity contribution in [3.63, 3.8) is 0 Å². The van der Waals surface area contributed by atoms with Gasteiger partial charge < -0.3 is 19.7 Å². The molecule has 140 valence electrons. The molecule has 0 amide bonds. The van der Waals surface area contributed by atoms with Crippen molar-refractivity contribution in [2.24, 2.45) is 17.5 Å². The molecule has 1 aliphatic carbocycles. The molecular weight excluding hydrogens is 318 g/mol.